The molecule has 0 atom stereocenters. The third-order valence-corrected chi connectivity index (χ3v) is 3.20. The number of nitrogens with zero attached hydrogens (tertiary/aromatic N) is 4. The van der Waals surface area contributed by atoms with Crippen molar-refractivity contribution in [3.8, 4) is 0 Å². The van der Waals surface area contributed by atoms with E-state index < -0.39 is 11.2 Å². The van der Waals surface area contributed by atoms with E-state index in [1.54, 1.807) is 18.0 Å². The first-order valence-electron chi connectivity index (χ1n) is 6.69. The highest BCUT2D eigenvalue weighted by molar-refractivity contribution is 5.70. The molecule has 2 N–H and O–H groups in total. The van der Waals surface area contributed by atoms with E-state index in [1.807, 2.05) is 13.8 Å². The van der Waals surface area contributed by atoms with Gasteiger partial charge < -0.3 is 15.0 Å². The minimum absolute atomic E-state index is 0.336. The van der Waals surface area contributed by atoms with Gasteiger partial charge in [-0.15, -0.1) is 0 Å². The van der Waals surface area contributed by atoms with Gasteiger partial charge in [0.2, 0.25) is 0 Å². The quantitative estimate of drug-likeness (QED) is 0.785. The van der Waals surface area contributed by atoms with Crippen LogP contribution in [0, 0.1) is 0 Å². The van der Waals surface area contributed by atoms with E-state index >= 15 is 0 Å². The Morgan fingerprint density at radius 3 is 2.62 bits per heavy atom. The van der Waals surface area contributed by atoms with Gasteiger partial charge in [0, 0.05) is 26.2 Å². The standard InChI is InChI=1S/C13H21N5O3/c1-13(2,14)7-17-8-15-10-9(17)11(19)16(3)12(20)18(10)5-6-21-4/h8H,5-7,14H2,1-4H3. The molecule has 2 aromatic rings. The molecule has 0 bridgehead atoms. The lowest BCUT2D eigenvalue weighted by Crippen LogP contribution is -2.41. The van der Waals surface area contributed by atoms with Gasteiger partial charge in [0.05, 0.1) is 19.5 Å². The van der Waals surface area contributed by atoms with Crippen LogP contribution in [0.15, 0.2) is 15.9 Å². The summed E-state index contributed by atoms with van der Waals surface area (Å²) in [6.45, 7) is 4.86. The zero-order valence-corrected chi connectivity index (χ0v) is 12.8. The number of imidazole rings is 1. The molecule has 0 aliphatic heterocycles. The molecule has 21 heavy (non-hydrogen) atoms. The van der Waals surface area contributed by atoms with Crippen molar-refractivity contribution in [2.24, 2.45) is 12.8 Å². The van der Waals surface area contributed by atoms with Gasteiger partial charge in [0.1, 0.15) is 0 Å². The lowest BCUT2D eigenvalue weighted by atomic mass is 10.1. The van der Waals surface area contributed by atoms with Crippen molar-refractivity contribution in [1.82, 2.24) is 18.7 Å². The number of ether oxygens (including phenoxy) is 1. The molecular weight excluding hydrogens is 274 g/mol. The molecule has 2 heterocycles. The van der Waals surface area contributed by atoms with Crippen LogP contribution >= 0.6 is 0 Å². The number of fused-ring (bicyclic) bond motifs is 1. The molecule has 116 valence electrons. The topological polar surface area (TPSA) is 97.1 Å². The summed E-state index contributed by atoms with van der Waals surface area (Å²) >= 11 is 0. The van der Waals surface area contributed by atoms with Crippen LogP contribution in [0.1, 0.15) is 13.8 Å². The predicted octanol–water partition coefficient (Wildman–Crippen LogP) is -0.720. The molecule has 0 radical (unpaired) electrons. The fourth-order valence-corrected chi connectivity index (χ4v) is 2.25. The van der Waals surface area contributed by atoms with Crippen LogP contribution in [0.25, 0.3) is 11.2 Å². The first-order valence-corrected chi connectivity index (χ1v) is 6.69. The zero-order chi connectivity index (χ0) is 15.8. The Hall–Kier alpha value is -1.93. The molecule has 0 saturated heterocycles. The minimum atomic E-state index is -0.494. The summed E-state index contributed by atoms with van der Waals surface area (Å²) in [6.07, 6.45) is 1.55. The Balaban J connectivity index is 2.71. The third-order valence-electron chi connectivity index (χ3n) is 3.20. The minimum Gasteiger partial charge on any atom is -0.383 e. The predicted molar refractivity (Wildman–Crippen MR) is 79.4 cm³/mol. The van der Waals surface area contributed by atoms with Gasteiger partial charge in [-0.2, -0.15) is 0 Å². The van der Waals surface area contributed by atoms with Crippen molar-refractivity contribution >= 4 is 11.2 Å². The van der Waals surface area contributed by atoms with E-state index in [2.05, 4.69) is 4.98 Å². The van der Waals surface area contributed by atoms with Gasteiger partial charge >= 0.3 is 5.69 Å². The van der Waals surface area contributed by atoms with E-state index in [0.29, 0.717) is 30.9 Å². The number of methoxy groups -OCH3 is 1. The molecule has 8 nitrogen and oxygen atoms in total. The molecule has 2 rings (SSSR count). The van der Waals surface area contributed by atoms with Crippen molar-refractivity contribution in [3.05, 3.63) is 27.2 Å². The fraction of sp³-hybridized carbons (Fsp3) is 0.615. The summed E-state index contributed by atoms with van der Waals surface area (Å²) in [4.78, 5) is 28.8. The highest BCUT2D eigenvalue weighted by Crippen LogP contribution is 2.10. The Bertz CT molecular complexity index is 763. The summed E-state index contributed by atoms with van der Waals surface area (Å²) in [5.41, 5.74) is 5.49. The van der Waals surface area contributed by atoms with E-state index in [-0.39, 0.29) is 5.56 Å². The molecule has 0 aromatic carbocycles. The van der Waals surface area contributed by atoms with Gasteiger partial charge in [-0.25, -0.2) is 9.78 Å². The van der Waals surface area contributed by atoms with Gasteiger partial charge in [-0.3, -0.25) is 13.9 Å². The van der Waals surface area contributed by atoms with Gasteiger partial charge in [-0.05, 0) is 13.8 Å². The molecule has 0 aliphatic rings. The summed E-state index contributed by atoms with van der Waals surface area (Å²) in [7, 11) is 3.01. The highest BCUT2D eigenvalue weighted by atomic mass is 16.5. The van der Waals surface area contributed by atoms with Crippen LogP contribution in [0.3, 0.4) is 0 Å². The monoisotopic (exact) mass is 295 g/mol. The molecular formula is C13H21N5O3. The average Bonchev–Trinajstić information content (AvgIpc) is 2.78. The van der Waals surface area contributed by atoms with Crippen LogP contribution in [0.5, 0.6) is 0 Å². The van der Waals surface area contributed by atoms with Crippen LogP contribution in [0.2, 0.25) is 0 Å². The Kier molecular flexibility index (Phi) is 4.02. The molecule has 0 fully saturated rings. The number of rotatable bonds is 5. The van der Waals surface area contributed by atoms with Crippen LogP contribution < -0.4 is 17.0 Å². The van der Waals surface area contributed by atoms with E-state index in [4.69, 9.17) is 10.5 Å². The number of nitrogens with two attached hydrogens (primary N) is 1. The van der Waals surface area contributed by atoms with Crippen molar-refractivity contribution in [3.63, 3.8) is 0 Å². The molecule has 0 saturated carbocycles. The summed E-state index contributed by atoms with van der Waals surface area (Å²) < 4.78 is 9.23. The molecule has 0 aliphatic carbocycles. The van der Waals surface area contributed by atoms with Gasteiger partial charge in [0.15, 0.2) is 11.2 Å². The normalized spacial score (nSPS) is 12.2. The summed E-state index contributed by atoms with van der Waals surface area (Å²) in [6, 6.07) is 0. The lowest BCUT2D eigenvalue weighted by Gasteiger charge is -2.19. The Morgan fingerprint density at radius 1 is 1.38 bits per heavy atom. The second kappa shape index (κ2) is 5.45. The number of aromatic nitrogens is 4. The smallest absolute Gasteiger partial charge is 0.332 e. The Labute approximate surface area is 121 Å². The third kappa shape index (κ3) is 2.91. The van der Waals surface area contributed by atoms with Crippen molar-refractivity contribution in [2.75, 3.05) is 13.7 Å². The maximum atomic E-state index is 12.4. The summed E-state index contributed by atoms with van der Waals surface area (Å²) in [5, 5.41) is 0. The van der Waals surface area contributed by atoms with E-state index in [0.717, 1.165) is 4.57 Å². The molecule has 2 aromatic heterocycles. The maximum absolute atomic E-state index is 12.4. The first-order chi connectivity index (χ1) is 9.76. The van der Waals surface area contributed by atoms with Gasteiger partial charge in [0.25, 0.3) is 5.56 Å². The molecule has 0 amide bonds. The average molecular weight is 295 g/mol. The second-order valence-corrected chi connectivity index (χ2v) is 5.82. The molecule has 0 unspecified atom stereocenters. The van der Waals surface area contributed by atoms with Crippen molar-refractivity contribution < 1.29 is 4.74 Å². The SMILES string of the molecule is COCCn1c(=O)n(C)c(=O)c2c1ncn2CC(C)(C)N. The molecule has 8 heteroatoms. The fourth-order valence-electron chi connectivity index (χ4n) is 2.25. The van der Waals surface area contributed by atoms with E-state index in [9.17, 15) is 9.59 Å². The lowest BCUT2D eigenvalue weighted by molar-refractivity contribution is 0.186. The summed E-state index contributed by atoms with van der Waals surface area (Å²) in [5.74, 6) is 0. The van der Waals surface area contributed by atoms with E-state index in [1.165, 1.54) is 11.6 Å². The van der Waals surface area contributed by atoms with Crippen LogP contribution in [0.4, 0.5) is 0 Å². The highest BCUT2D eigenvalue weighted by Gasteiger charge is 2.19. The van der Waals surface area contributed by atoms with Gasteiger partial charge in [-0.1, -0.05) is 0 Å². The second-order valence-electron chi connectivity index (χ2n) is 5.82. The zero-order valence-electron chi connectivity index (χ0n) is 12.8. The van der Waals surface area contributed by atoms with Crippen LogP contribution in [-0.2, 0) is 24.9 Å². The Morgan fingerprint density at radius 2 is 2.05 bits per heavy atom. The van der Waals surface area contributed by atoms with Crippen molar-refractivity contribution in [1.29, 1.82) is 0 Å². The number of hydrogen-bond donors (Lipinski definition) is 1. The molecule has 0 spiro atoms. The van der Waals surface area contributed by atoms with Crippen LogP contribution in [-0.4, -0.2) is 37.9 Å². The largest absolute Gasteiger partial charge is 0.383 e. The maximum Gasteiger partial charge on any atom is 0.332 e. The first kappa shape index (κ1) is 15.5. The number of hydrogen-bond acceptors (Lipinski definition) is 5. The van der Waals surface area contributed by atoms with Crippen molar-refractivity contribution in [2.45, 2.75) is 32.5 Å².